The van der Waals surface area contributed by atoms with Gasteiger partial charge in [0.25, 0.3) is 11.1 Å². The third kappa shape index (κ3) is 4.56. The second kappa shape index (κ2) is 8.81. The van der Waals surface area contributed by atoms with E-state index in [9.17, 15) is 14.4 Å². The van der Waals surface area contributed by atoms with Crippen LogP contribution in [-0.2, 0) is 16.0 Å². The number of benzene rings is 2. The van der Waals surface area contributed by atoms with E-state index in [4.69, 9.17) is 4.42 Å². The lowest BCUT2D eigenvalue weighted by Crippen LogP contribution is -2.37. The van der Waals surface area contributed by atoms with Gasteiger partial charge in [0.05, 0.1) is 17.6 Å². The number of furan rings is 1. The standard InChI is InChI=1S/C24H22N2O4S/c1-15-10-19-18(14-30-20(19)11-16(15)2)13-22(27)25-8-9-26-23(28)21(31-24(26)29)12-17-6-4-3-5-7-17/h3-7,10-12,14H,8-9,13H2,1-2H3,(H,25,27). The lowest BCUT2D eigenvalue weighted by atomic mass is 10.0. The molecule has 0 radical (unpaired) electrons. The number of aryl methyl sites for hydroxylation is 2. The van der Waals surface area contributed by atoms with Crippen molar-refractivity contribution in [3.63, 3.8) is 0 Å². The third-order valence-corrected chi connectivity index (χ3v) is 6.16. The fourth-order valence-electron chi connectivity index (χ4n) is 3.41. The van der Waals surface area contributed by atoms with E-state index in [2.05, 4.69) is 5.32 Å². The highest BCUT2D eigenvalue weighted by atomic mass is 32.2. The van der Waals surface area contributed by atoms with Gasteiger partial charge in [0.1, 0.15) is 5.58 Å². The topological polar surface area (TPSA) is 79.6 Å². The fraction of sp³-hybridized carbons (Fsp3) is 0.208. The summed E-state index contributed by atoms with van der Waals surface area (Å²) in [4.78, 5) is 38.7. The SMILES string of the molecule is Cc1cc2occ(CC(=O)NCCN3C(=O)SC(=Cc4ccccc4)C3=O)c2cc1C. The van der Waals surface area contributed by atoms with Crippen LogP contribution in [0.3, 0.4) is 0 Å². The molecule has 0 atom stereocenters. The molecule has 0 saturated carbocycles. The first kappa shape index (κ1) is 20.9. The molecule has 1 N–H and O–H groups in total. The second-order valence-corrected chi connectivity index (χ2v) is 8.46. The summed E-state index contributed by atoms with van der Waals surface area (Å²) in [5.74, 6) is -0.521. The summed E-state index contributed by atoms with van der Waals surface area (Å²) >= 11 is 0.917. The first-order chi connectivity index (χ1) is 14.9. The summed E-state index contributed by atoms with van der Waals surface area (Å²) in [5, 5.41) is 3.39. The average molecular weight is 435 g/mol. The molecule has 0 unspecified atom stereocenters. The Morgan fingerprint density at radius 3 is 2.65 bits per heavy atom. The van der Waals surface area contributed by atoms with Gasteiger partial charge >= 0.3 is 0 Å². The molecule has 3 aromatic rings. The summed E-state index contributed by atoms with van der Waals surface area (Å²) < 4.78 is 5.57. The first-order valence-corrected chi connectivity index (χ1v) is 10.8. The van der Waals surface area contributed by atoms with Gasteiger partial charge in [-0.1, -0.05) is 30.3 Å². The van der Waals surface area contributed by atoms with E-state index < -0.39 is 0 Å². The van der Waals surface area contributed by atoms with Gasteiger partial charge in [-0.05, 0) is 60.5 Å². The number of fused-ring (bicyclic) bond motifs is 1. The van der Waals surface area contributed by atoms with Crippen LogP contribution in [-0.4, -0.2) is 35.0 Å². The van der Waals surface area contributed by atoms with Gasteiger partial charge in [-0.3, -0.25) is 19.3 Å². The third-order valence-electron chi connectivity index (χ3n) is 5.25. The molecule has 4 rings (SSSR count). The Morgan fingerprint density at radius 1 is 1.13 bits per heavy atom. The highest BCUT2D eigenvalue weighted by molar-refractivity contribution is 8.18. The van der Waals surface area contributed by atoms with Crippen molar-refractivity contribution in [3.8, 4) is 0 Å². The molecule has 0 bridgehead atoms. The minimum absolute atomic E-state index is 0.132. The van der Waals surface area contributed by atoms with E-state index in [-0.39, 0.29) is 36.6 Å². The first-order valence-electron chi connectivity index (χ1n) is 9.97. The Bertz CT molecular complexity index is 1200. The molecule has 6 nitrogen and oxygen atoms in total. The van der Waals surface area contributed by atoms with E-state index in [1.807, 2.05) is 56.3 Å². The molecular formula is C24H22N2O4S. The summed E-state index contributed by atoms with van der Waals surface area (Å²) in [7, 11) is 0. The zero-order valence-corrected chi connectivity index (χ0v) is 18.1. The molecule has 2 aromatic carbocycles. The van der Waals surface area contributed by atoms with Gasteiger partial charge < -0.3 is 9.73 Å². The molecule has 1 aliphatic rings. The van der Waals surface area contributed by atoms with Crippen LogP contribution in [0.15, 0.2) is 58.1 Å². The predicted octanol–water partition coefficient (Wildman–Crippen LogP) is 4.44. The Morgan fingerprint density at radius 2 is 1.87 bits per heavy atom. The summed E-state index contributed by atoms with van der Waals surface area (Å²) in [6, 6.07) is 13.4. The number of carbonyl (C=O) groups is 3. The van der Waals surface area contributed by atoms with Crippen molar-refractivity contribution in [2.75, 3.05) is 13.1 Å². The molecule has 7 heteroatoms. The van der Waals surface area contributed by atoms with Crippen LogP contribution in [0.1, 0.15) is 22.3 Å². The van der Waals surface area contributed by atoms with E-state index in [0.717, 1.165) is 45.0 Å². The number of imide groups is 1. The van der Waals surface area contributed by atoms with Crippen molar-refractivity contribution in [1.29, 1.82) is 0 Å². The van der Waals surface area contributed by atoms with Gasteiger partial charge in [0.2, 0.25) is 5.91 Å². The highest BCUT2D eigenvalue weighted by Crippen LogP contribution is 2.31. The van der Waals surface area contributed by atoms with Gasteiger partial charge in [-0.15, -0.1) is 0 Å². The smallest absolute Gasteiger partial charge is 0.293 e. The number of rotatable bonds is 6. The zero-order chi connectivity index (χ0) is 22.0. The number of hydrogen-bond acceptors (Lipinski definition) is 5. The molecule has 0 spiro atoms. The van der Waals surface area contributed by atoms with Crippen LogP contribution in [0.5, 0.6) is 0 Å². The largest absolute Gasteiger partial charge is 0.464 e. The van der Waals surface area contributed by atoms with Crippen LogP contribution in [0.4, 0.5) is 4.79 Å². The normalized spacial score (nSPS) is 15.3. The summed E-state index contributed by atoms with van der Waals surface area (Å²) in [6.07, 6.45) is 3.48. The minimum atomic E-state index is -0.334. The maximum atomic E-state index is 12.5. The van der Waals surface area contributed by atoms with Crippen molar-refractivity contribution in [3.05, 3.63) is 75.9 Å². The van der Waals surface area contributed by atoms with Gasteiger partial charge in [0, 0.05) is 24.0 Å². The summed E-state index contributed by atoms with van der Waals surface area (Å²) in [6.45, 7) is 4.37. The Hall–Kier alpha value is -3.32. The van der Waals surface area contributed by atoms with Gasteiger partial charge in [0.15, 0.2) is 0 Å². The predicted molar refractivity (Wildman–Crippen MR) is 122 cm³/mol. The van der Waals surface area contributed by atoms with Crippen molar-refractivity contribution >= 4 is 45.9 Å². The van der Waals surface area contributed by atoms with Crippen LogP contribution in [0, 0.1) is 13.8 Å². The van der Waals surface area contributed by atoms with Crippen molar-refractivity contribution in [2.45, 2.75) is 20.3 Å². The monoisotopic (exact) mass is 434 g/mol. The molecule has 2 heterocycles. The zero-order valence-electron chi connectivity index (χ0n) is 17.3. The highest BCUT2D eigenvalue weighted by Gasteiger charge is 2.34. The van der Waals surface area contributed by atoms with E-state index in [0.29, 0.717) is 4.91 Å². The number of hydrogen-bond donors (Lipinski definition) is 1. The molecular weight excluding hydrogens is 412 g/mol. The fourth-order valence-corrected chi connectivity index (χ4v) is 4.27. The molecule has 1 aliphatic heterocycles. The lowest BCUT2D eigenvalue weighted by Gasteiger charge is -2.12. The van der Waals surface area contributed by atoms with Crippen LogP contribution >= 0.6 is 11.8 Å². The number of nitrogens with one attached hydrogen (secondary N) is 1. The molecule has 0 aliphatic carbocycles. The Labute approximate surface area is 184 Å². The quantitative estimate of drug-likeness (QED) is 0.580. The van der Waals surface area contributed by atoms with Crippen molar-refractivity contribution in [1.82, 2.24) is 10.2 Å². The Balaban J connectivity index is 1.33. The number of carbonyl (C=O) groups excluding carboxylic acids is 3. The Kier molecular flexibility index (Phi) is 5.95. The molecule has 1 saturated heterocycles. The van der Waals surface area contributed by atoms with Crippen LogP contribution < -0.4 is 5.32 Å². The number of thioether (sulfide) groups is 1. The molecule has 1 fully saturated rings. The van der Waals surface area contributed by atoms with Crippen LogP contribution in [0.25, 0.3) is 17.0 Å². The van der Waals surface area contributed by atoms with Crippen LogP contribution in [0.2, 0.25) is 0 Å². The van der Waals surface area contributed by atoms with Gasteiger partial charge in [-0.2, -0.15) is 0 Å². The van der Waals surface area contributed by atoms with Gasteiger partial charge in [-0.25, -0.2) is 0 Å². The van der Waals surface area contributed by atoms with E-state index in [1.54, 1.807) is 12.3 Å². The van der Waals surface area contributed by atoms with E-state index in [1.165, 1.54) is 4.90 Å². The lowest BCUT2D eigenvalue weighted by molar-refractivity contribution is -0.124. The minimum Gasteiger partial charge on any atom is -0.464 e. The second-order valence-electron chi connectivity index (χ2n) is 7.46. The number of amides is 3. The maximum absolute atomic E-state index is 12.5. The van der Waals surface area contributed by atoms with Crippen molar-refractivity contribution in [2.24, 2.45) is 0 Å². The molecule has 3 amide bonds. The summed E-state index contributed by atoms with van der Waals surface area (Å²) in [5.41, 5.74) is 4.70. The molecule has 158 valence electrons. The van der Waals surface area contributed by atoms with E-state index >= 15 is 0 Å². The molecule has 31 heavy (non-hydrogen) atoms. The maximum Gasteiger partial charge on any atom is 0.293 e. The molecule has 1 aromatic heterocycles. The van der Waals surface area contributed by atoms with Crippen molar-refractivity contribution < 1.29 is 18.8 Å². The average Bonchev–Trinajstić information content (AvgIpc) is 3.24. The number of nitrogens with zero attached hydrogens (tertiary/aromatic N) is 1.